The van der Waals surface area contributed by atoms with Gasteiger partial charge >= 0.3 is 0 Å². The fourth-order valence-electron chi connectivity index (χ4n) is 1.17. The second-order valence-corrected chi connectivity index (χ2v) is 3.55. The quantitative estimate of drug-likeness (QED) is 0.811. The Kier molecular flexibility index (Phi) is 3.58. The van der Waals surface area contributed by atoms with Crippen LogP contribution in [0, 0.1) is 0 Å². The molecular weight excluding hydrogens is 186 g/mol. The van der Waals surface area contributed by atoms with Crippen molar-refractivity contribution >= 4 is 11.6 Å². The largest absolute Gasteiger partial charge is 0.497 e. The summed E-state index contributed by atoms with van der Waals surface area (Å²) in [6.07, 6.45) is 0.794. The second-order valence-electron chi connectivity index (χ2n) is 3.14. The van der Waals surface area contributed by atoms with Crippen molar-refractivity contribution in [2.45, 2.75) is 19.4 Å². The highest BCUT2D eigenvalue weighted by Gasteiger charge is 2.04. The number of nitrogens with two attached hydrogens (primary N) is 1. The van der Waals surface area contributed by atoms with Crippen molar-refractivity contribution in [3.8, 4) is 5.75 Å². The number of benzene rings is 1. The summed E-state index contributed by atoms with van der Waals surface area (Å²) in [6.45, 7) is 1.96. The van der Waals surface area contributed by atoms with Crippen molar-refractivity contribution in [3.63, 3.8) is 0 Å². The van der Waals surface area contributed by atoms with E-state index < -0.39 is 0 Å². The fourth-order valence-corrected chi connectivity index (χ4v) is 1.42. The molecule has 13 heavy (non-hydrogen) atoms. The number of ether oxygens (including phenoxy) is 1. The van der Waals surface area contributed by atoms with E-state index in [1.54, 1.807) is 13.2 Å². The van der Waals surface area contributed by atoms with Crippen LogP contribution in [0.5, 0.6) is 5.75 Å². The summed E-state index contributed by atoms with van der Waals surface area (Å²) in [5, 5.41) is 0.719. The number of rotatable bonds is 3. The Hall–Kier alpha value is -0.730. The number of halogens is 1. The van der Waals surface area contributed by atoms with Crippen molar-refractivity contribution < 1.29 is 4.74 Å². The number of methoxy groups -OCH3 is 1. The van der Waals surface area contributed by atoms with Crippen molar-refractivity contribution in [1.82, 2.24) is 0 Å². The van der Waals surface area contributed by atoms with Gasteiger partial charge in [-0.2, -0.15) is 0 Å². The summed E-state index contributed by atoms with van der Waals surface area (Å²) in [4.78, 5) is 0. The van der Waals surface area contributed by atoms with Crippen LogP contribution in [0.3, 0.4) is 0 Å². The van der Waals surface area contributed by atoms with Crippen molar-refractivity contribution in [3.05, 3.63) is 28.8 Å². The van der Waals surface area contributed by atoms with E-state index in [1.807, 2.05) is 19.1 Å². The van der Waals surface area contributed by atoms with Gasteiger partial charge < -0.3 is 10.5 Å². The highest BCUT2D eigenvalue weighted by Crippen LogP contribution is 2.22. The van der Waals surface area contributed by atoms with Crippen molar-refractivity contribution in [1.29, 1.82) is 0 Å². The molecule has 0 amide bonds. The third-order valence-corrected chi connectivity index (χ3v) is 2.15. The van der Waals surface area contributed by atoms with Gasteiger partial charge in [0.05, 0.1) is 7.11 Å². The molecular formula is C10H14ClNO. The molecule has 72 valence electrons. The lowest BCUT2D eigenvalue weighted by atomic mass is 10.1. The molecule has 2 N–H and O–H groups in total. The SMILES string of the molecule is COc1ccc(CC(C)N)c(Cl)c1. The van der Waals surface area contributed by atoms with Crippen LogP contribution < -0.4 is 10.5 Å². The maximum atomic E-state index is 6.02. The van der Waals surface area contributed by atoms with Crippen LogP contribution in [0.4, 0.5) is 0 Å². The van der Waals surface area contributed by atoms with E-state index in [0.717, 1.165) is 22.8 Å². The van der Waals surface area contributed by atoms with Gasteiger partial charge in [-0.05, 0) is 31.0 Å². The monoisotopic (exact) mass is 199 g/mol. The summed E-state index contributed by atoms with van der Waals surface area (Å²) in [5.41, 5.74) is 6.74. The van der Waals surface area contributed by atoms with Gasteiger partial charge in [0.15, 0.2) is 0 Å². The van der Waals surface area contributed by atoms with Crippen LogP contribution in [-0.4, -0.2) is 13.2 Å². The maximum absolute atomic E-state index is 6.02. The average Bonchev–Trinajstić information content (AvgIpc) is 2.08. The first-order valence-corrected chi connectivity index (χ1v) is 4.59. The minimum absolute atomic E-state index is 0.130. The molecule has 0 aliphatic heterocycles. The molecule has 1 rings (SSSR count). The lowest BCUT2D eigenvalue weighted by Crippen LogP contribution is -2.17. The lowest BCUT2D eigenvalue weighted by Gasteiger charge is -2.08. The summed E-state index contributed by atoms with van der Waals surface area (Å²) >= 11 is 6.02. The molecule has 0 aliphatic carbocycles. The van der Waals surface area contributed by atoms with Crippen LogP contribution in [0.15, 0.2) is 18.2 Å². The fraction of sp³-hybridized carbons (Fsp3) is 0.400. The molecule has 0 aromatic heterocycles. The van der Waals surface area contributed by atoms with E-state index >= 15 is 0 Å². The molecule has 1 aromatic rings. The first-order chi connectivity index (χ1) is 6.13. The Morgan fingerprint density at radius 3 is 2.69 bits per heavy atom. The summed E-state index contributed by atoms with van der Waals surface area (Å²) < 4.78 is 5.04. The Bertz CT molecular complexity index is 286. The third kappa shape index (κ3) is 2.90. The molecule has 1 aromatic carbocycles. The molecule has 0 bridgehead atoms. The van der Waals surface area contributed by atoms with E-state index in [4.69, 9.17) is 22.1 Å². The zero-order valence-corrected chi connectivity index (χ0v) is 8.64. The molecule has 3 heteroatoms. The third-order valence-electron chi connectivity index (χ3n) is 1.80. The van der Waals surface area contributed by atoms with E-state index in [2.05, 4.69) is 0 Å². The maximum Gasteiger partial charge on any atom is 0.120 e. The Morgan fingerprint density at radius 1 is 1.54 bits per heavy atom. The van der Waals surface area contributed by atoms with Crippen LogP contribution in [0.2, 0.25) is 5.02 Å². The summed E-state index contributed by atoms with van der Waals surface area (Å²) in [5.74, 6) is 0.776. The molecule has 1 atom stereocenters. The van der Waals surface area contributed by atoms with Crippen LogP contribution >= 0.6 is 11.6 Å². The highest BCUT2D eigenvalue weighted by molar-refractivity contribution is 6.31. The molecule has 0 radical (unpaired) electrons. The zero-order valence-electron chi connectivity index (χ0n) is 7.88. The second kappa shape index (κ2) is 4.49. The van der Waals surface area contributed by atoms with Crippen molar-refractivity contribution in [2.24, 2.45) is 5.73 Å². The van der Waals surface area contributed by atoms with Crippen LogP contribution in [-0.2, 0) is 6.42 Å². The molecule has 0 heterocycles. The van der Waals surface area contributed by atoms with Gasteiger partial charge in [0.1, 0.15) is 5.75 Å². The van der Waals surface area contributed by atoms with Gasteiger partial charge in [-0.3, -0.25) is 0 Å². The average molecular weight is 200 g/mol. The van der Waals surface area contributed by atoms with Gasteiger partial charge in [-0.25, -0.2) is 0 Å². The molecule has 1 unspecified atom stereocenters. The normalized spacial score (nSPS) is 12.6. The predicted octanol–water partition coefficient (Wildman–Crippen LogP) is 2.24. The molecule has 0 fully saturated rings. The number of hydrogen-bond acceptors (Lipinski definition) is 2. The smallest absolute Gasteiger partial charge is 0.120 e. The Labute approximate surface area is 83.6 Å². The van der Waals surface area contributed by atoms with Gasteiger partial charge in [0.25, 0.3) is 0 Å². The first kappa shape index (κ1) is 10.4. The highest BCUT2D eigenvalue weighted by atomic mass is 35.5. The van der Waals surface area contributed by atoms with Crippen LogP contribution in [0.1, 0.15) is 12.5 Å². The van der Waals surface area contributed by atoms with E-state index in [9.17, 15) is 0 Å². The number of hydrogen-bond donors (Lipinski definition) is 1. The van der Waals surface area contributed by atoms with E-state index in [1.165, 1.54) is 0 Å². The Morgan fingerprint density at radius 2 is 2.23 bits per heavy atom. The van der Waals surface area contributed by atoms with E-state index in [0.29, 0.717) is 0 Å². The predicted molar refractivity (Wildman–Crippen MR) is 55.4 cm³/mol. The van der Waals surface area contributed by atoms with Gasteiger partial charge in [-0.1, -0.05) is 17.7 Å². The van der Waals surface area contributed by atoms with Crippen LogP contribution in [0.25, 0.3) is 0 Å². The molecule has 0 saturated heterocycles. The minimum Gasteiger partial charge on any atom is -0.497 e. The topological polar surface area (TPSA) is 35.2 Å². The molecule has 0 saturated carbocycles. The first-order valence-electron chi connectivity index (χ1n) is 4.21. The zero-order chi connectivity index (χ0) is 9.84. The van der Waals surface area contributed by atoms with Crippen molar-refractivity contribution in [2.75, 3.05) is 7.11 Å². The van der Waals surface area contributed by atoms with Gasteiger partial charge in [0, 0.05) is 11.1 Å². The van der Waals surface area contributed by atoms with Gasteiger partial charge in [-0.15, -0.1) is 0 Å². The summed E-state index contributed by atoms with van der Waals surface area (Å²) in [6, 6.07) is 5.78. The minimum atomic E-state index is 0.130. The lowest BCUT2D eigenvalue weighted by molar-refractivity contribution is 0.414. The molecule has 0 spiro atoms. The van der Waals surface area contributed by atoms with Gasteiger partial charge in [0.2, 0.25) is 0 Å². The van der Waals surface area contributed by atoms with E-state index in [-0.39, 0.29) is 6.04 Å². The molecule has 2 nitrogen and oxygen atoms in total. The molecule has 0 aliphatic rings. The summed E-state index contributed by atoms with van der Waals surface area (Å²) in [7, 11) is 1.62. The Balaban J connectivity index is 2.85. The standard InChI is InChI=1S/C10H14ClNO/c1-7(12)5-8-3-4-9(13-2)6-10(8)11/h3-4,6-7H,5,12H2,1-2H3.